The fourth-order valence-electron chi connectivity index (χ4n) is 3.56. The number of anilines is 1. The van der Waals surface area contributed by atoms with E-state index in [1.807, 2.05) is 0 Å². The van der Waals surface area contributed by atoms with Gasteiger partial charge in [0.1, 0.15) is 32.7 Å². The minimum absolute atomic E-state index is 0.175. The maximum Gasteiger partial charge on any atom is 0.471 e. The SMILES string of the molecule is CSCC1=C(C(=O)O)N2C(=O)C(NC(=O)/C(=N/OCC(=O)OC(C)(C)C)c3nc(NC(=O)C(F)(F)F)sc3Cl)[C@H]2SC1. The lowest BCUT2D eigenvalue weighted by atomic mass is 10.0. The molecule has 2 aliphatic heterocycles. The Morgan fingerprint density at radius 3 is 2.50 bits per heavy atom. The molecule has 20 heteroatoms. The van der Waals surface area contributed by atoms with Crippen LogP contribution in [0.1, 0.15) is 26.5 Å². The molecule has 0 saturated carbocycles. The van der Waals surface area contributed by atoms with Crippen molar-refractivity contribution in [3.63, 3.8) is 0 Å². The van der Waals surface area contributed by atoms with Crippen LogP contribution >= 0.6 is 46.5 Å². The molecule has 230 valence electrons. The predicted molar refractivity (Wildman–Crippen MR) is 148 cm³/mol. The lowest BCUT2D eigenvalue weighted by Gasteiger charge is -2.49. The molecule has 1 aromatic heterocycles. The third-order valence-corrected chi connectivity index (χ3v) is 8.26. The van der Waals surface area contributed by atoms with E-state index in [9.17, 15) is 42.3 Å². The zero-order valence-electron chi connectivity index (χ0n) is 22.2. The minimum atomic E-state index is -5.24. The Labute approximate surface area is 253 Å². The van der Waals surface area contributed by atoms with Crippen LogP contribution < -0.4 is 10.6 Å². The maximum absolute atomic E-state index is 13.3. The number of aromatic nitrogens is 1. The van der Waals surface area contributed by atoms with Gasteiger partial charge >= 0.3 is 24.0 Å². The first-order valence-electron chi connectivity index (χ1n) is 11.6. The van der Waals surface area contributed by atoms with Gasteiger partial charge in [-0.15, -0.1) is 11.8 Å². The minimum Gasteiger partial charge on any atom is -0.477 e. The number of rotatable bonds is 10. The van der Waals surface area contributed by atoms with Gasteiger partial charge in [-0.25, -0.2) is 14.6 Å². The fourth-order valence-corrected chi connectivity index (χ4v) is 6.66. The summed E-state index contributed by atoms with van der Waals surface area (Å²) in [5.41, 5.74) is -1.77. The molecule has 0 aliphatic carbocycles. The summed E-state index contributed by atoms with van der Waals surface area (Å²) in [6.07, 6.45) is -3.46. The van der Waals surface area contributed by atoms with Crippen molar-refractivity contribution in [2.75, 3.05) is 29.7 Å². The average molecular weight is 674 g/mol. The molecule has 3 rings (SSSR count). The lowest BCUT2D eigenvalue weighted by Crippen LogP contribution is -2.71. The second kappa shape index (κ2) is 13.1. The predicted octanol–water partition coefficient (Wildman–Crippen LogP) is 2.46. The van der Waals surface area contributed by atoms with Gasteiger partial charge in [0.25, 0.3) is 11.8 Å². The van der Waals surface area contributed by atoms with E-state index in [2.05, 4.69) is 15.5 Å². The van der Waals surface area contributed by atoms with E-state index in [4.69, 9.17) is 21.2 Å². The van der Waals surface area contributed by atoms with Crippen LogP contribution in [0.5, 0.6) is 0 Å². The van der Waals surface area contributed by atoms with Gasteiger partial charge in [0.05, 0.1) is 0 Å². The molecule has 3 amide bonds. The molecule has 13 nitrogen and oxygen atoms in total. The largest absolute Gasteiger partial charge is 0.477 e. The van der Waals surface area contributed by atoms with Crippen LogP contribution in [0.25, 0.3) is 0 Å². The molecule has 1 aromatic rings. The Morgan fingerprint density at radius 2 is 1.93 bits per heavy atom. The van der Waals surface area contributed by atoms with Crippen molar-refractivity contribution < 1.29 is 51.8 Å². The van der Waals surface area contributed by atoms with Gasteiger partial charge in [0.2, 0.25) is 6.61 Å². The summed E-state index contributed by atoms with van der Waals surface area (Å²) in [5.74, 6) is -5.72. The number of oxime groups is 1. The van der Waals surface area contributed by atoms with Crippen LogP contribution in [0.4, 0.5) is 18.3 Å². The van der Waals surface area contributed by atoms with Gasteiger partial charge in [-0.2, -0.15) is 24.9 Å². The zero-order chi connectivity index (χ0) is 31.6. The quantitative estimate of drug-likeness (QED) is 0.144. The number of nitrogens with one attached hydrogen (secondary N) is 2. The van der Waals surface area contributed by atoms with Crippen molar-refractivity contribution >= 4 is 87.0 Å². The van der Waals surface area contributed by atoms with E-state index < -0.39 is 76.0 Å². The van der Waals surface area contributed by atoms with Crippen molar-refractivity contribution in [2.45, 2.75) is 44.0 Å². The molecule has 0 radical (unpaired) electrons. The van der Waals surface area contributed by atoms with Crippen LogP contribution in [-0.2, 0) is 33.5 Å². The van der Waals surface area contributed by atoms with Gasteiger partial charge in [-0.1, -0.05) is 28.1 Å². The van der Waals surface area contributed by atoms with Crippen molar-refractivity contribution in [1.82, 2.24) is 15.2 Å². The van der Waals surface area contributed by atoms with E-state index in [1.165, 1.54) is 28.8 Å². The highest BCUT2D eigenvalue weighted by Gasteiger charge is 2.54. The molecule has 0 bridgehead atoms. The Balaban J connectivity index is 1.86. The average Bonchev–Trinajstić information content (AvgIpc) is 3.22. The number of fused-ring (bicyclic) bond motifs is 1. The standard InChI is InChI=1S/C22H23ClF3N5O8S3/c1-21(2,3)39-9(32)5-38-30-11(10-14(23)42-20(28-10)29-19(37)22(24,25)26)15(33)27-12-16(34)31-13(18(35)36)8(6-40-4)7-41-17(12)31/h12,17H,5-7H2,1-4H3,(H,27,33)(H,35,36)(H,28,29,37)/b30-11+/t12?,17-/m1/s1. The zero-order valence-corrected chi connectivity index (χ0v) is 25.4. The van der Waals surface area contributed by atoms with Crippen molar-refractivity contribution in [3.05, 3.63) is 21.3 Å². The second-order valence-electron chi connectivity index (χ2n) is 9.44. The molecule has 3 N–H and O–H groups in total. The normalized spacial score (nSPS) is 19.1. The third-order valence-electron chi connectivity index (χ3n) is 5.12. The smallest absolute Gasteiger partial charge is 0.471 e. The number of esters is 1. The summed E-state index contributed by atoms with van der Waals surface area (Å²) in [4.78, 5) is 71.2. The van der Waals surface area contributed by atoms with E-state index in [0.29, 0.717) is 22.7 Å². The lowest BCUT2D eigenvalue weighted by molar-refractivity contribution is -0.167. The number of carbonyl (C=O) groups is 5. The fraction of sp³-hybridized carbons (Fsp3) is 0.500. The van der Waals surface area contributed by atoms with Crippen LogP contribution in [0.15, 0.2) is 16.4 Å². The molecule has 42 heavy (non-hydrogen) atoms. The number of carbonyl (C=O) groups excluding carboxylic acids is 4. The number of ether oxygens (including phenoxy) is 1. The summed E-state index contributed by atoms with van der Waals surface area (Å²) in [7, 11) is 0. The van der Waals surface area contributed by atoms with Crippen molar-refractivity contribution in [1.29, 1.82) is 0 Å². The third kappa shape index (κ3) is 7.87. The first-order valence-corrected chi connectivity index (χ1v) is 15.2. The highest BCUT2D eigenvalue weighted by Crippen LogP contribution is 2.41. The number of hydrogen-bond acceptors (Lipinski definition) is 12. The van der Waals surface area contributed by atoms with Crippen LogP contribution in [0.2, 0.25) is 4.34 Å². The first kappa shape index (κ1) is 33.5. The van der Waals surface area contributed by atoms with Gasteiger partial charge < -0.3 is 20.0 Å². The van der Waals surface area contributed by atoms with Gasteiger partial charge in [-0.05, 0) is 32.6 Å². The maximum atomic E-state index is 13.3. The summed E-state index contributed by atoms with van der Waals surface area (Å²) < 4.78 is 42.8. The number of alkyl halides is 3. The summed E-state index contributed by atoms with van der Waals surface area (Å²) >= 11 is 9.07. The number of thiazole rings is 1. The summed E-state index contributed by atoms with van der Waals surface area (Å²) in [5, 5.41) is 15.7. The monoisotopic (exact) mass is 673 g/mol. The number of thioether (sulfide) groups is 2. The van der Waals surface area contributed by atoms with Gasteiger partial charge in [0.15, 0.2) is 10.8 Å². The molecule has 1 fully saturated rings. The molecular weight excluding hydrogens is 651 g/mol. The molecule has 0 spiro atoms. The Kier molecular flexibility index (Phi) is 10.4. The molecule has 2 aliphatic rings. The highest BCUT2D eigenvalue weighted by atomic mass is 35.5. The Hall–Kier alpha value is -3.03. The molecule has 1 unspecified atom stereocenters. The molecule has 1 saturated heterocycles. The molecule has 0 aromatic carbocycles. The van der Waals surface area contributed by atoms with Crippen molar-refractivity contribution in [3.8, 4) is 0 Å². The number of β-lactam (4-membered cyclic amide) rings is 1. The van der Waals surface area contributed by atoms with E-state index in [1.54, 1.807) is 27.0 Å². The van der Waals surface area contributed by atoms with Crippen LogP contribution in [-0.4, -0.2) is 97.9 Å². The highest BCUT2D eigenvalue weighted by molar-refractivity contribution is 8.00. The van der Waals surface area contributed by atoms with Crippen LogP contribution in [0, 0.1) is 0 Å². The first-order chi connectivity index (χ1) is 19.4. The topological polar surface area (TPSA) is 177 Å². The molecular formula is C22H23ClF3N5O8S3. The van der Waals surface area contributed by atoms with Gasteiger partial charge in [0, 0.05) is 11.5 Å². The number of aliphatic carboxylic acids is 1. The van der Waals surface area contributed by atoms with Gasteiger partial charge in [-0.3, -0.25) is 24.6 Å². The molecule has 2 atom stereocenters. The Morgan fingerprint density at radius 1 is 1.26 bits per heavy atom. The number of nitrogens with zero attached hydrogens (tertiary/aromatic N) is 3. The second-order valence-corrected chi connectivity index (χ2v) is 13.0. The number of amides is 3. The van der Waals surface area contributed by atoms with E-state index in [0.717, 1.165) is 4.90 Å². The number of carboxylic acids is 1. The number of carboxylic acid groups (broad SMARTS) is 1. The van der Waals surface area contributed by atoms with Crippen LogP contribution in [0.3, 0.4) is 0 Å². The Bertz CT molecular complexity index is 1360. The number of halogens is 4. The van der Waals surface area contributed by atoms with Crippen molar-refractivity contribution in [2.24, 2.45) is 5.16 Å². The summed E-state index contributed by atoms with van der Waals surface area (Å²) in [6, 6.07) is -1.22. The van der Waals surface area contributed by atoms with E-state index in [-0.39, 0.29) is 15.8 Å². The summed E-state index contributed by atoms with van der Waals surface area (Å²) in [6.45, 7) is 4.00. The molecule has 3 heterocycles. The van der Waals surface area contributed by atoms with E-state index >= 15 is 0 Å². The number of hydrogen-bond donors (Lipinski definition) is 3.